The standard InChI is InChI=1S/C18H17Cl2N3O2S/c1-18(12-2-3-13(19)14(20)8-12)16(24)23(17(25)21-18)10-22-6-4-15-11(9-22)5-7-26-15/h2-3,5,7-8H,4,6,9-10H2,1H3,(H,21,25)/t18-/m1/s1. The third-order valence-corrected chi connectivity index (χ3v) is 6.76. The fraction of sp³-hybridized carbons (Fsp3) is 0.333. The molecule has 5 nitrogen and oxygen atoms in total. The van der Waals surface area contributed by atoms with Crippen molar-refractivity contribution in [1.29, 1.82) is 0 Å². The fourth-order valence-corrected chi connectivity index (χ4v) is 4.64. The third kappa shape index (κ3) is 2.91. The molecule has 0 aliphatic carbocycles. The van der Waals surface area contributed by atoms with Crippen LogP contribution in [0.15, 0.2) is 29.6 Å². The molecule has 26 heavy (non-hydrogen) atoms. The average Bonchev–Trinajstić information content (AvgIpc) is 3.16. The van der Waals surface area contributed by atoms with Crippen molar-refractivity contribution in [2.75, 3.05) is 13.2 Å². The maximum atomic E-state index is 13.0. The number of carbonyl (C=O) groups is 2. The number of amides is 3. The SMILES string of the molecule is C[C@]1(c2ccc(Cl)c(Cl)c2)NC(=O)N(CN2CCc3sccc3C2)C1=O. The Hall–Kier alpha value is -1.60. The van der Waals surface area contributed by atoms with Gasteiger partial charge in [-0.25, -0.2) is 9.69 Å². The van der Waals surface area contributed by atoms with Gasteiger partial charge in [-0.3, -0.25) is 9.69 Å². The van der Waals surface area contributed by atoms with Crippen molar-refractivity contribution >= 4 is 46.5 Å². The molecule has 2 aliphatic heterocycles. The van der Waals surface area contributed by atoms with Crippen molar-refractivity contribution < 1.29 is 9.59 Å². The van der Waals surface area contributed by atoms with Crippen molar-refractivity contribution in [3.05, 3.63) is 55.7 Å². The number of thiophene rings is 1. The lowest BCUT2D eigenvalue weighted by atomic mass is 9.92. The molecule has 0 bridgehead atoms. The number of nitrogens with zero attached hydrogens (tertiary/aromatic N) is 2. The first-order valence-electron chi connectivity index (χ1n) is 8.26. The zero-order valence-corrected chi connectivity index (χ0v) is 16.4. The maximum Gasteiger partial charge on any atom is 0.326 e. The van der Waals surface area contributed by atoms with Gasteiger partial charge in [-0.1, -0.05) is 29.3 Å². The van der Waals surface area contributed by atoms with Crippen LogP contribution in [0.5, 0.6) is 0 Å². The molecule has 1 N–H and O–H groups in total. The van der Waals surface area contributed by atoms with Crippen LogP contribution in [0.1, 0.15) is 22.9 Å². The van der Waals surface area contributed by atoms with Crippen LogP contribution < -0.4 is 5.32 Å². The molecule has 1 aromatic heterocycles. The van der Waals surface area contributed by atoms with Gasteiger partial charge in [0, 0.05) is 18.0 Å². The van der Waals surface area contributed by atoms with Gasteiger partial charge in [0.05, 0.1) is 16.7 Å². The van der Waals surface area contributed by atoms with Crippen LogP contribution in [0.3, 0.4) is 0 Å². The lowest BCUT2D eigenvalue weighted by molar-refractivity contribution is -0.132. The number of rotatable bonds is 3. The molecule has 0 spiro atoms. The van der Waals surface area contributed by atoms with E-state index < -0.39 is 5.54 Å². The number of imide groups is 1. The summed E-state index contributed by atoms with van der Waals surface area (Å²) in [7, 11) is 0. The number of urea groups is 1. The van der Waals surface area contributed by atoms with E-state index in [0.717, 1.165) is 19.5 Å². The zero-order chi connectivity index (χ0) is 18.5. The topological polar surface area (TPSA) is 52.7 Å². The van der Waals surface area contributed by atoms with E-state index in [1.54, 1.807) is 36.5 Å². The van der Waals surface area contributed by atoms with Crippen LogP contribution in [0.2, 0.25) is 10.0 Å². The highest BCUT2D eigenvalue weighted by Gasteiger charge is 2.49. The van der Waals surface area contributed by atoms with E-state index >= 15 is 0 Å². The molecule has 8 heteroatoms. The van der Waals surface area contributed by atoms with E-state index in [4.69, 9.17) is 23.2 Å². The second-order valence-corrected chi connectivity index (χ2v) is 8.55. The minimum absolute atomic E-state index is 0.275. The van der Waals surface area contributed by atoms with Crippen molar-refractivity contribution in [1.82, 2.24) is 15.1 Å². The normalized spacial score (nSPS) is 23.3. The Labute approximate surface area is 165 Å². The minimum atomic E-state index is -1.14. The first-order valence-corrected chi connectivity index (χ1v) is 9.89. The molecule has 4 rings (SSSR count). The summed E-state index contributed by atoms with van der Waals surface area (Å²) in [6.07, 6.45) is 0.945. The highest BCUT2D eigenvalue weighted by atomic mass is 35.5. The molecular formula is C18H17Cl2N3O2S. The molecular weight excluding hydrogens is 393 g/mol. The summed E-state index contributed by atoms with van der Waals surface area (Å²) in [6, 6.07) is 6.70. The van der Waals surface area contributed by atoms with Gasteiger partial charge in [-0.05, 0) is 48.1 Å². The number of benzene rings is 1. The van der Waals surface area contributed by atoms with Crippen molar-refractivity contribution in [3.63, 3.8) is 0 Å². The van der Waals surface area contributed by atoms with Gasteiger partial charge in [0.25, 0.3) is 5.91 Å². The van der Waals surface area contributed by atoms with E-state index in [9.17, 15) is 9.59 Å². The first kappa shape index (κ1) is 17.8. The van der Waals surface area contributed by atoms with Crippen LogP contribution in [0.4, 0.5) is 4.79 Å². The van der Waals surface area contributed by atoms with Gasteiger partial charge in [0.2, 0.25) is 0 Å². The van der Waals surface area contributed by atoms with Crippen LogP contribution in [-0.2, 0) is 23.3 Å². The van der Waals surface area contributed by atoms with E-state index in [1.807, 2.05) is 0 Å². The Bertz CT molecular complexity index is 900. The summed E-state index contributed by atoms with van der Waals surface area (Å²) in [5, 5.41) is 5.66. The van der Waals surface area contributed by atoms with E-state index in [2.05, 4.69) is 21.7 Å². The second kappa shape index (κ2) is 6.53. The number of hydrogen-bond donors (Lipinski definition) is 1. The summed E-state index contributed by atoms with van der Waals surface area (Å²) in [5.74, 6) is -0.281. The van der Waals surface area contributed by atoms with Crippen molar-refractivity contribution in [2.45, 2.75) is 25.4 Å². The van der Waals surface area contributed by atoms with E-state index in [1.165, 1.54) is 15.3 Å². The Balaban J connectivity index is 1.54. The Morgan fingerprint density at radius 1 is 1.23 bits per heavy atom. The summed E-state index contributed by atoms with van der Waals surface area (Å²) in [5.41, 5.74) is 0.751. The minimum Gasteiger partial charge on any atom is -0.319 e. The predicted octanol–water partition coefficient (Wildman–Crippen LogP) is 3.84. The summed E-state index contributed by atoms with van der Waals surface area (Å²) < 4.78 is 0. The highest BCUT2D eigenvalue weighted by molar-refractivity contribution is 7.10. The van der Waals surface area contributed by atoms with Crippen LogP contribution >= 0.6 is 34.5 Å². The van der Waals surface area contributed by atoms with E-state index in [-0.39, 0.29) is 18.6 Å². The Morgan fingerprint density at radius 2 is 2.04 bits per heavy atom. The number of hydrogen-bond acceptors (Lipinski definition) is 4. The number of halogens is 2. The molecule has 1 saturated heterocycles. The molecule has 1 fully saturated rings. The van der Waals surface area contributed by atoms with Crippen LogP contribution in [-0.4, -0.2) is 35.0 Å². The second-order valence-electron chi connectivity index (χ2n) is 6.73. The zero-order valence-electron chi connectivity index (χ0n) is 14.1. The van der Waals surface area contributed by atoms with Gasteiger partial charge in [-0.2, -0.15) is 0 Å². The molecule has 0 saturated carbocycles. The van der Waals surface area contributed by atoms with Crippen molar-refractivity contribution in [3.8, 4) is 0 Å². The van der Waals surface area contributed by atoms with Gasteiger partial charge in [-0.15, -0.1) is 11.3 Å². The van der Waals surface area contributed by atoms with E-state index in [0.29, 0.717) is 15.6 Å². The number of fused-ring (bicyclic) bond motifs is 1. The quantitative estimate of drug-likeness (QED) is 0.783. The largest absolute Gasteiger partial charge is 0.326 e. The molecule has 3 heterocycles. The summed E-state index contributed by atoms with van der Waals surface area (Å²) in [6.45, 7) is 3.55. The van der Waals surface area contributed by atoms with Gasteiger partial charge >= 0.3 is 6.03 Å². The van der Waals surface area contributed by atoms with Crippen LogP contribution in [0, 0.1) is 0 Å². The maximum absolute atomic E-state index is 13.0. The fourth-order valence-electron chi connectivity index (χ4n) is 3.46. The van der Waals surface area contributed by atoms with Gasteiger partial charge < -0.3 is 5.32 Å². The molecule has 2 aromatic rings. The first-order chi connectivity index (χ1) is 12.4. The lowest BCUT2D eigenvalue weighted by Crippen LogP contribution is -2.45. The molecule has 1 atom stereocenters. The molecule has 136 valence electrons. The lowest BCUT2D eigenvalue weighted by Gasteiger charge is -2.30. The van der Waals surface area contributed by atoms with Crippen molar-refractivity contribution in [2.24, 2.45) is 0 Å². The Kier molecular flexibility index (Phi) is 4.47. The average molecular weight is 410 g/mol. The molecule has 1 aromatic carbocycles. The molecule has 2 aliphatic rings. The molecule has 0 unspecified atom stereocenters. The monoisotopic (exact) mass is 409 g/mol. The Morgan fingerprint density at radius 3 is 2.81 bits per heavy atom. The highest BCUT2D eigenvalue weighted by Crippen LogP contribution is 2.33. The summed E-state index contributed by atoms with van der Waals surface area (Å²) >= 11 is 13.8. The third-order valence-electron chi connectivity index (χ3n) is 5.00. The van der Waals surface area contributed by atoms with Crippen LogP contribution in [0.25, 0.3) is 0 Å². The molecule has 0 radical (unpaired) electrons. The smallest absolute Gasteiger partial charge is 0.319 e. The summed E-state index contributed by atoms with van der Waals surface area (Å²) in [4.78, 5) is 30.3. The molecule has 3 amide bonds. The van der Waals surface area contributed by atoms with Gasteiger partial charge in [0.1, 0.15) is 5.54 Å². The predicted molar refractivity (Wildman–Crippen MR) is 102 cm³/mol. The number of nitrogens with one attached hydrogen (secondary N) is 1. The van der Waals surface area contributed by atoms with Gasteiger partial charge in [0.15, 0.2) is 0 Å². The number of carbonyl (C=O) groups excluding carboxylic acids is 2.